The Bertz CT molecular complexity index is 368. The second kappa shape index (κ2) is 6.94. The van der Waals surface area contributed by atoms with Gasteiger partial charge < -0.3 is 5.32 Å². The molecule has 2 atom stereocenters. The smallest absolute Gasteiger partial charge is 0.0346 e. The number of benzene rings is 1. The lowest BCUT2D eigenvalue weighted by Gasteiger charge is -2.28. The van der Waals surface area contributed by atoms with Crippen molar-refractivity contribution in [3.8, 4) is 0 Å². The maximum atomic E-state index is 3.49. The lowest BCUT2D eigenvalue weighted by molar-refractivity contribution is 0.317. The first-order chi connectivity index (χ1) is 8.54. The third-order valence-electron chi connectivity index (χ3n) is 4.24. The van der Waals surface area contributed by atoms with E-state index in [2.05, 4.69) is 65.2 Å². The van der Waals surface area contributed by atoms with Crippen LogP contribution in [-0.4, -0.2) is 7.05 Å². The highest BCUT2D eigenvalue weighted by atomic mass is 14.9. The van der Waals surface area contributed by atoms with E-state index in [0.29, 0.717) is 17.9 Å². The molecular weight excluding hydrogens is 218 g/mol. The lowest BCUT2D eigenvalue weighted by atomic mass is 9.85. The van der Waals surface area contributed by atoms with Gasteiger partial charge in [0.2, 0.25) is 0 Å². The number of hydrogen-bond acceptors (Lipinski definition) is 1. The Morgan fingerprint density at radius 3 is 2.06 bits per heavy atom. The predicted octanol–water partition coefficient (Wildman–Crippen LogP) is 4.36. The summed E-state index contributed by atoms with van der Waals surface area (Å²) in [7, 11) is 2.07. The highest BCUT2D eigenvalue weighted by Gasteiger charge is 2.20. The van der Waals surface area contributed by atoms with Crippen LogP contribution in [0.2, 0.25) is 0 Å². The first-order valence-electron chi connectivity index (χ1n) is 7.34. The summed E-state index contributed by atoms with van der Waals surface area (Å²) in [6.45, 7) is 11.4. The molecule has 0 fully saturated rings. The summed E-state index contributed by atoms with van der Waals surface area (Å²) in [6, 6.07) is 7.48. The van der Waals surface area contributed by atoms with E-state index in [4.69, 9.17) is 0 Å². The Morgan fingerprint density at radius 2 is 1.61 bits per heavy atom. The van der Waals surface area contributed by atoms with Crippen molar-refractivity contribution in [2.24, 2.45) is 11.8 Å². The molecule has 0 aliphatic carbocycles. The SMILES string of the molecule is CCc1ccc(C(NC)C(C)C(C)C)cc1CC. The number of hydrogen-bond donors (Lipinski definition) is 1. The van der Waals surface area contributed by atoms with Gasteiger partial charge in [0, 0.05) is 6.04 Å². The molecule has 0 radical (unpaired) electrons. The maximum Gasteiger partial charge on any atom is 0.0346 e. The van der Waals surface area contributed by atoms with Crippen LogP contribution in [0.3, 0.4) is 0 Å². The molecule has 1 rings (SSSR count). The Hall–Kier alpha value is -0.820. The summed E-state index contributed by atoms with van der Waals surface area (Å²) in [6.07, 6.45) is 2.26. The molecule has 0 aliphatic rings. The fraction of sp³-hybridized carbons (Fsp3) is 0.647. The van der Waals surface area contributed by atoms with Crippen LogP contribution in [0.5, 0.6) is 0 Å². The fourth-order valence-corrected chi connectivity index (χ4v) is 2.63. The minimum Gasteiger partial charge on any atom is -0.313 e. The molecule has 0 amide bonds. The molecule has 0 aliphatic heterocycles. The molecule has 18 heavy (non-hydrogen) atoms. The Kier molecular flexibility index (Phi) is 5.87. The molecule has 0 saturated heterocycles. The Morgan fingerprint density at radius 1 is 1.00 bits per heavy atom. The van der Waals surface area contributed by atoms with E-state index in [1.807, 2.05) is 0 Å². The van der Waals surface area contributed by atoms with Crippen LogP contribution in [0.1, 0.15) is 57.4 Å². The van der Waals surface area contributed by atoms with E-state index in [0.717, 1.165) is 12.8 Å². The molecule has 102 valence electrons. The average molecular weight is 247 g/mol. The van der Waals surface area contributed by atoms with Gasteiger partial charge in [0.15, 0.2) is 0 Å². The van der Waals surface area contributed by atoms with Gasteiger partial charge >= 0.3 is 0 Å². The molecule has 1 N–H and O–H groups in total. The zero-order valence-electron chi connectivity index (χ0n) is 12.9. The van der Waals surface area contributed by atoms with Crippen molar-refractivity contribution in [1.82, 2.24) is 5.32 Å². The van der Waals surface area contributed by atoms with E-state index in [1.165, 1.54) is 16.7 Å². The first kappa shape index (κ1) is 15.2. The van der Waals surface area contributed by atoms with Crippen LogP contribution >= 0.6 is 0 Å². The van der Waals surface area contributed by atoms with Crippen LogP contribution in [0.25, 0.3) is 0 Å². The van der Waals surface area contributed by atoms with Crippen LogP contribution < -0.4 is 5.32 Å². The summed E-state index contributed by atoms with van der Waals surface area (Å²) in [4.78, 5) is 0. The summed E-state index contributed by atoms with van der Waals surface area (Å²) < 4.78 is 0. The molecule has 1 heteroatoms. The summed E-state index contributed by atoms with van der Waals surface area (Å²) in [5.41, 5.74) is 4.44. The zero-order valence-corrected chi connectivity index (χ0v) is 12.9. The van der Waals surface area contributed by atoms with Gasteiger partial charge in [-0.2, -0.15) is 0 Å². The van der Waals surface area contributed by atoms with Crippen molar-refractivity contribution >= 4 is 0 Å². The molecular formula is C17H29N. The van der Waals surface area contributed by atoms with E-state index in [9.17, 15) is 0 Å². The molecule has 1 aromatic carbocycles. The summed E-state index contributed by atoms with van der Waals surface area (Å²) >= 11 is 0. The third kappa shape index (κ3) is 3.35. The molecule has 1 nitrogen and oxygen atoms in total. The van der Waals surface area contributed by atoms with Crippen molar-refractivity contribution in [2.45, 2.75) is 53.5 Å². The summed E-state index contributed by atoms with van der Waals surface area (Å²) in [5, 5.41) is 3.49. The normalized spacial score (nSPS) is 14.8. The molecule has 0 bridgehead atoms. The summed E-state index contributed by atoms with van der Waals surface area (Å²) in [5.74, 6) is 1.34. The van der Waals surface area contributed by atoms with Gasteiger partial charge in [0.1, 0.15) is 0 Å². The van der Waals surface area contributed by atoms with Gasteiger partial charge in [-0.3, -0.25) is 0 Å². The standard InChI is InChI=1S/C17H29N/c1-7-14-9-10-16(11-15(14)8-2)17(18-6)13(5)12(3)4/h9-13,17-18H,7-8H2,1-6H3. The minimum absolute atomic E-state index is 0.459. The van der Waals surface area contributed by atoms with Gasteiger partial charge in [-0.25, -0.2) is 0 Å². The molecule has 2 unspecified atom stereocenters. The van der Waals surface area contributed by atoms with E-state index < -0.39 is 0 Å². The largest absolute Gasteiger partial charge is 0.313 e. The van der Waals surface area contributed by atoms with Crippen molar-refractivity contribution < 1.29 is 0 Å². The molecule has 0 spiro atoms. The fourth-order valence-electron chi connectivity index (χ4n) is 2.63. The van der Waals surface area contributed by atoms with E-state index >= 15 is 0 Å². The van der Waals surface area contributed by atoms with E-state index in [1.54, 1.807) is 0 Å². The van der Waals surface area contributed by atoms with Gasteiger partial charge in [-0.05, 0) is 48.4 Å². The average Bonchev–Trinajstić information content (AvgIpc) is 2.39. The first-order valence-corrected chi connectivity index (χ1v) is 7.34. The van der Waals surface area contributed by atoms with Gasteiger partial charge in [0.05, 0.1) is 0 Å². The number of aryl methyl sites for hydroxylation is 2. The third-order valence-corrected chi connectivity index (χ3v) is 4.24. The van der Waals surface area contributed by atoms with Crippen LogP contribution in [0.15, 0.2) is 18.2 Å². The van der Waals surface area contributed by atoms with Crippen LogP contribution in [-0.2, 0) is 12.8 Å². The second-order valence-electron chi connectivity index (χ2n) is 5.60. The molecule has 0 heterocycles. The predicted molar refractivity (Wildman–Crippen MR) is 81.0 cm³/mol. The zero-order chi connectivity index (χ0) is 13.7. The molecule has 0 aromatic heterocycles. The monoisotopic (exact) mass is 247 g/mol. The van der Waals surface area contributed by atoms with Crippen molar-refractivity contribution in [2.75, 3.05) is 7.05 Å². The highest BCUT2D eigenvalue weighted by molar-refractivity contribution is 5.34. The highest BCUT2D eigenvalue weighted by Crippen LogP contribution is 2.29. The van der Waals surface area contributed by atoms with Gasteiger partial charge in [0.25, 0.3) is 0 Å². The number of nitrogens with one attached hydrogen (secondary N) is 1. The van der Waals surface area contributed by atoms with Crippen LogP contribution in [0.4, 0.5) is 0 Å². The maximum absolute atomic E-state index is 3.49. The lowest BCUT2D eigenvalue weighted by Crippen LogP contribution is -2.26. The Labute approximate surface area is 113 Å². The van der Waals surface area contributed by atoms with E-state index in [-0.39, 0.29) is 0 Å². The van der Waals surface area contributed by atoms with Gasteiger partial charge in [-0.1, -0.05) is 52.8 Å². The minimum atomic E-state index is 0.459. The van der Waals surface area contributed by atoms with Crippen molar-refractivity contribution in [3.63, 3.8) is 0 Å². The second-order valence-corrected chi connectivity index (χ2v) is 5.60. The van der Waals surface area contributed by atoms with Gasteiger partial charge in [-0.15, -0.1) is 0 Å². The Balaban J connectivity index is 3.07. The van der Waals surface area contributed by atoms with Crippen molar-refractivity contribution in [1.29, 1.82) is 0 Å². The van der Waals surface area contributed by atoms with Crippen LogP contribution in [0, 0.1) is 11.8 Å². The molecule has 1 aromatic rings. The quantitative estimate of drug-likeness (QED) is 0.787. The topological polar surface area (TPSA) is 12.0 Å². The molecule has 0 saturated carbocycles. The number of rotatable bonds is 6. The van der Waals surface area contributed by atoms with Crippen molar-refractivity contribution in [3.05, 3.63) is 34.9 Å².